The molecule has 0 heterocycles. The molecule has 0 fully saturated rings. The molecule has 0 aromatic rings. The van der Waals surface area contributed by atoms with E-state index < -0.39 is 0 Å². The first-order chi connectivity index (χ1) is 12.1. The molecule has 0 spiro atoms. The molecule has 0 bridgehead atoms. The summed E-state index contributed by atoms with van der Waals surface area (Å²) in [6.45, 7) is 4.62. The molecule has 0 aromatic carbocycles. The highest BCUT2D eigenvalue weighted by Crippen LogP contribution is 2.14. The third kappa shape index (κ3) is 19.6. The van der Waals surface area contributed by atoms with Gasteiger partial charge in [0.05, 0.1) is 0 Å². The topological polar surface area (TPSA) is 29.5 Å². The summed E-state index contributed by atoms with van der Waals surface area (Å²) in [5.74, 6) is -0.155. The number of carbonyl (C=O) groups excluding carboxylic acids is 1. The van der Waals surface area contributed by atoms with E-state index in [2.05, 4.69) is 11.8 Å². The van der Waals surface area contributed by atoms with Crippen molar-refractivity contribution in [3.8, 4) is 0 Å². The maximum absolute atomic E-state index is 11.1. The van der Waals surface area contributed by atoms with E-state index in [1.54, 1.807) is 0 Å². The van der Waals surface area contributed by atoms with Gasteiger partial charge in [-0.3, -0.25) is 4.79 Å². The molecule has 3 heteroatoms. The number of esters is 1. The highest BCUT2D eigenvalue weighted by Gasteiger charge is 2.12. The first kappa shape index (κ1) is 24.4. The molecule has 1 atom stereocenters. The van der Waals surface area contributed by atoms with E-state index in [0.717, 1.165) is 13.0 Å². The van der Waals surface area contributed by atoms with Crippen LogP contribution in [-0.4, -0.2) is 37.6 Å². The van der Waals surface area contributed by atoms with Crippen molar-refractivity contribution in [2.45, 2.75) is 116 Å². The third-order valence-electron chi connectivity index (χ3n) is 4.78. The van der Waals surface area contributed by atoms with Crippen LogP contribution in [0.4, 0.5) is 0 Å². The third-order valence-corrected chi connectivity index (χ3v) is 4.78. The number of likely N-dealkylation sites (N-methyl/N-ethyl adjacent to an activating group) is 1. The van der Waals surface area contributed by atoms with Gasteiger partial charge in [0.1, 0.15) is 6.10 Å². The van der Waals surface area contributed by atoms with Crippen molar-refractivity contribution in [3.05, 3.63) is 0 Å². The van der Waals surface area contributed by atoms with Gasteiger partial charge >= 0.3 is 5.97 Å². The smallest absolute Gasteiger partial charge is 0.302 e. The van der Waals surface area contributed by atoms with Crippen molar-refractivity contribution in [2.75, 3.05) is 20.6 Å². The van der Waals surface area contributed by atoms with Crippen LogP contribution in [0.1, 0.15) is 110 Å². The minimum atomic E-state index is -0.155. The largest absolute Gasteiger partial charge is 0.461 e. The Labute approximate surface area is 157 Å². The standard InChI is InChI=1S/C22H45NO2/c1-5-6-7-8-9-10-11-12-13-14-15-16-17-18-19-22(20-23(3)4)25-21(2)24/h22H,5-20H2,1-4H3. The van der Waals surface area contributed by atoms with Crippen LogP contribution in [0.25, 0.3) is 0 Å². The van der Waals surface area contributed by atoms with E-state index in [9.17, 15) is 4.79 Å². The minimum Gasteiger partial charge on any atom is -0.461 e. The molecular weight excluding hydrogens is 310 g/mol. The Morgan fingerprint density at radius 2 is 1.16 bits per heavy atom. The average molecular weight is 356 g/mol. The summed E-state index contributed by atoms with van der Waals surface area (Å²) in [5, 5.41) is 0. The lowest BCUT2D eigenvalue weighted by molar-refractivity contribution is -0.147. The van der Waals surface area contributed by atoms with E-state index in [0.29, 0.717) is 0 Å². The zero-order valence-electron chi connectivity index (χ0n) is 17.7. The molecular formula is C22H45NO2. The second-order valence-corrected chi connectivity index (χ2v) is 7.88. The minimum absolute atomic E-state index is 0.0600. The lowest BCUT2D eigenvalue weighted by atomic mass is 10.0. The highest BCUT2D eigenvalue weighted by atomic mass is 16.5. The normalized spacial score (nSPS) is 12.5. The van der Waals surface area contributed by atoms with E-state index in [1.807, 2.05) is 14.1 Å². The van der Waals surface area contributed by atoms with Gasteiger partial charge in [-0.05, 0) is 26.9 Å². The van der Waals surface area contributed by atoms with Crippen LogP contribution in [0, 0.1) is 0 Å². The molecule has 0 N–H and O–H groups in total. The monoisotopic (exact) mass is 355 g/mol. The van der Waals surface area contributed by atoms with Crippen LogP contribution in [0.2, 0.25) is 0 Å². The molecule has 0 aliphatic carbocycles. The molecule has 0 amide bonds. The molecule has 0 aliphatic heterocycles. The summed E-state index contributed by atoms with van der Waals surface area (Å²) in [4.78, 5) is 13.2. The van der Waals surface area contributed by atoms with Crippen LogP contribution < -0.4 is 0 Å². The Kier molecular flexibility index (Phi) is 17.8. The Bertz CT molecular complexity index is 292. The van der Waals surface area contributed by atoms with Gasteiger partial charge in [0.25, 0.3) is 0 Å². The molecule has 0 rings (SSSR count). The average Bonchev–Trinajstić information content (AvgIpc) is 2.54. The van der Waals surface area contributed by atoms with Crippen LogP contribution in [0.5, 0.6) is 0 Å². The van der Waals surface area contributed by atoms with Crippen LogP contribution in [-0.2, 0) is 9.53 Å². The number of carbonyl (C=O) groups is 1. The number of hydrogen-bond donors (Lipinski definition) is 0. The SMILES string of the molecule is CCCCCCCCCCCCCCCCC(CN(C)C)OC(C)=O. The molecule has 0 aliphatic rings. The van der Waals surface area contributed by atoms with Gasteiger partial charge in [-0.25, -0.2) is 0 Å². The Balaban J connectivity index is 3.35. The summed E-state index contributed by atoms with van der Waals surface area (Å²) in [7, 11) is 4.06. The van der Waals surface area contributed by atoms with Gasteiger partial charge in [-0.15, -0.1) is 0 Å². The van der Waals surface area contributed by atoms with Crippen molar-refractivity contribution in [1.82, 2.24) is 4.90 Å². The van der Waals surface area contributed by atoms with E-state index in [1.165, 1.54) is 96.8 Å². The van der Waals surface area contributed by atoms with Gasteiger partial charge in [-0.2, -0.15) is 0 Å². The quantitative estimate of drug-likeness (QED) is 0.212. The number of nitrogens with zero attached hydrogens (tertiary/aromatic N) is 1. The fourth-order valence-corrected chi connectivity index (χ4v) is 3.40. The fraction of sp³-hybridized carbons (Fsp3) is 0.955. The molecule has 25 heavy (non-hydrogen) atoms. The predicted octanol–water partition coefficient (Wildman–Crippen LogP) is 6.35. The second-order valence-electron chi connectivity index (χ2n) is 7.88. The van der Waals surface area contributed by atoms with Crippen molar-refractivity contribution >= 4 is 5.97 Å². The maximum atomic E-state index is 11.1. The predicted molar refractivity (Wildman–Crippen MR) is 109 cm³/mol. The van der Waals surface area contributed by atoms with E-state index in [-0.39, 0.29) is 12.1 Å². The Hall–Kier alpha value is -0.570. The molecule has 0 saturated carbocycles. The van der Waals surface area contributed by atoms with Gasteiger partial charge in [0, 0.05) is 13.5 Å². The van der Waals surface area contributed by atoms with E-state index in [4.69, 9.17) is 4.74 Å². The Morgan fingerprint density at radius 3 is 1.52 bits per heavy atom. The van der Waals surface area contributed by atoms with Gasteiger partial charge in [-0.1, -0.05) is 90.4 Å². The van der Waals surface area contributed by atoms with Gasteiger partial charge < -0.3 is 9.64 Å². The van der Waals surface area contributed by atoms with Crippen molar-refractivity contribution < 1.29 is 9.53 Å². The van der Waals surface area contributed by atoms with Gasteiger partial charge in [0.2, 0.25) is 0 Å². The molecule has 0 radical (unpaired) electrons. The number of ether oxygens (including phenoxy) is 1. The van der Waals surface area contributed by atoms with Crippen molar-refractivity contribution in [1.29, 1.82) is 0 Å². The van der Waals surface area contributed by atoms with Crippen LogP contribution in [0.15, 0.2) is 0 Å². The number of rotatable bonds is 18. The fourth-order valence-electron chi connectivity index (χ4n) is 3.40. The molecule has 3 nitrogen and oxygen atoms in total. The molecule has 0 saturated heterocycles. The summed E-state index contributed by atoms with van der Waals surface area (Å²) in [6.07, 6.45) is 20.3. The van der Waals surface area contributed by atoms with Crippen molar-refractivity contribution in [2.24, 2.45) is 0 Å². The summed E-state index contributed by atoms with van der Waals surface area (Å²) >= 11 is 0. The van der Waals surface area contributed by atoms with Crippen LogP contribution >= 0.6 is 0 Å². The maximum Gasteiger partial charge on any atom is 0.302 e. The second kappa shape index (κ2) is 18.2. The Morgan fingerprint density at radius 1 is 0.760 bits per heavy atom. The number of unbranched alkanes of at least 4 members (excludes halogenated alkanes) is 13. The zero-order chi connectivity index (χ0) is 18.8. The molecule has 0 aromatic heterocycles. The van der Waals surface area contributed by atoms with E-state index >= 15 is 0 Å². The molecule has 150 valence electrons. The lowest BCUT2D eigenvalue weighted by Crippen LogP contribution is -2.29. The van der Waals surface area contributed by atoms with Crippen LogP contribution in [0.3, 0.4) is 0 Å². The zero-order valence-corrected chi connectivity index (χ0v) is 17.7. The first-order valence-electron chi connectivity index (χ1n) is 10.9. The summed E-state index contributed by atoms with van der Waals surface area (Å²) in [5.41, 5.74) is 0. The first-order valence-corrected chi connectivity index (χ1v) is 10.9. The van der Waals surface area contributed by atoms with Gasteiger partial charge in [0.15, 0.2) is 0 Å². The summed E-state index contributed by atoms with van der Waals surface area (Å²) in [6, 6.07) is 0. The number of hydrogen-bond acceptors (Lipinski definition) is 3. The lowest BCUT2D eigenvalue weighted by Gasteiger charge is -2.20. The van der Waals surface area contributed by atoms with Crippen molar-refractivity contribution in [3.63, 3.8) is 0 Å². The highest BCUT2D eigenvalue weighted by molar-refractivity contribution is 5.66. The molecule has 1 unspecified atom stereocenters. The summed E-state index contributed by atoms with van der Waals surface area (Å²) < 4.78 is 5.39.